The van der Waals surface area contributed by atoms with Gasteiger partial charge in [0.15, 0.2) is 0 Å². The molecular formula is C20H27ClN4O. The summed E-state index contributed by atoms with van der Waals surface area (Å²) < 4.78 is 1.94. The molecule has 1 saturated heterocycles. The lowest BCUT2D eigenvalue weighted by Crippen LogP contribution is -2.30. The van der Waals surface area contributed by atoms with Crippen molar-refractivity contribution in [2.45, 2.75) is 46.2 Å². The standard InChI is InChI=1S/C20H27ClN4O/c1-4-25-15(2)16(13-22-25)14-23(3)20(26)18-12-17(8-9-19(18)21)24-10-6-5-7-11-24/h8-9,12-13H,4-7,10-11,14H2,1-3H3. The SMILES string of the molecule is CCn1ncc(CN(C)C(=O)c2cc(N3CCCCC3)ccc2Cl)c1C. The lowest BCUT2D eigenvalue weighted by molar-refractivity contribution is 0.0785. The molecule has 0 saturated carbocycles. The molecule has 2 heterocycles. The summed E-state index contributed by atoms with van der Waals surface area (Å²) >= 11 is 6.35. The van der Waals surface area contributed by atoms with E-state index in [0.29, 0.717) is 17.1 Å². The van der Waals surface area contributed by atoms with Crippen LogP contribution in [0.1, 0.15) is 47.8 Å². The van der Waals surface area contributed by atoms with E-state index in [1.54, 1.807) is 4.90 Å². The topological polar surface area (TPSA) is 41.4 Å². The van der Waals surface area contributed by atoms with Gasteiger partial charge >= 0.3 is 0 Å². The molecule has 0 unspecified atom stereocenters. The van der Waals surface area contributed by atoms with Crippen LogP contribution in [-0.2, 0) is 13.1 Å². The van der Waals surface area contributed by atoms with Crippen LogP contribution >= 0.6 is 11.6 Å². The second-order valence-corrected chi connectivity index (χ2v) is 7.35. The number of amides is 1. The summed E-state index contributed by atoms with van der Waals surface area (Å²) in [7, 11) is 1.81. The van der Waals surface area contributed by atoms with Gasteiger partial charge in [0.2, 0.25) is 0 Å². The average Bonchev–Trinajstić information content (AvgIpc) is 3.02. The van der Waals surface area contributed by atoms with Crippen LogP contribution in [0.25, 0.3) is 0 Å². The molecule has 1 aliphatic rings. The molecule has 5 nitrogen and oxygen atoms in total. The number of rotatable bonds is 5. The van der Waals surface area contributed by atoms with E-state index in [0.717, 1.165) is 36.6 Å². The predicted molar refractivity (Wildman–Crippen MR) is 106 cm³/mol. The number of nitrogens with zero attached hydrogens (tertiary/aromatic N) is 4. The van der Waals surface area contributed by atoms with Gasteiger partial charge in [0.1, 0.15) is 0 Å². The highest BCUT2D eigenvalue weighted by atomic mass is 35.5. The number of hydrogen-bond acceptors (Lipinski definition) is 3. The molecule has 0 atom stereocenters. The second kappa shape index (κ2) is 8.12. The lowest BCUT2D eigenvalue weighted by atomic mass is 10.1. The van der Waals surface area contributed by atoms with Crippen LogP contribution in [0.15, 0.2) is 24.4 Å². The average molecular weight is 375 g/mol. The summed E-state index contributed by atoms with van der Waals surface area (Å²) in [4.78, 5) is 17.0. The second-order valence-electron chi connectivity index (χ2n) is 6.94. The van der Waals surface area contributed by atoms with Gasteiger partial charge in [0.05, 0.1) is 16.8 Å². The van der Waals surface area contributed by atoms with Crippen molar-refractivity contribution >= 4 is 23.2 Å². The van der Waals surface area contributed by atoms with Crippen molar-refractivity contribution in [2.24, 2.45) is 0 Å². The van der Waals surface area contributed by atoms with E-state index >= 15 is 0 Å². The Kier molecular flexibility index (Phi) is 5.87. The summed E-state index contributed by atoms with van der Waals surface area (Å²) in [5, 5.41) is 4.86. The van der Waals surface area contributed by atoms with E-state index in [9.17, 15) is 4.79 Å². The van der Waals surface area contributed by atoms with Crippen LogP contribution in [0, 0.1) is 6.92 Å². The zero-order valence-electron chi connectivity index (χ0n) is 15.8. The molecule has 26 heavy (non-hydrogen) atoms. The van der Waals surface area contributed by atoms with Crippen molar-refractivity contribution in [2.75, 3.05) is 25.0 Å². The molecule has 140 valence electrons. The lowest BCUT2D eigenvalue weighted by Gasteiger charge is -2.29. The van der Waals surface area contributed by atoms with Crippen LogP contribution in [0.2, 0.25) is 5.02 Å². The number of piperidine rings is 1. The van der Waals surface area contributed by atoms with Crippen LogP contribution in [0.4, 0.5) is 5.69 Å². The third-order valence-electron chi connectivity index (χ3n) is 5.16. The van der Waals surface area contributed by atoms with Crippen molar-refractivity contribution < 1.29 is 4.79 Å². The first-order chi connectivity index (χ1) is 12.5. The number of carbonyl (C=O) groups excluding carboxylic acids is 1. The molecule has 0 bridgehead atoms. The quantitative estimate of drug-likeness (QED) is 0.790. The number of aromatic nitrogens is 2. The Morgan fingerprint density at radius 3 is 2.65 bits per heavy atom. The minimum Gasteiger partial charge on any atom is -0.372 e. The largest absolute Gasteiger partial charge is 0.372 e. The van der Waals surface area contributed by atoms with E-state index in [4.69, 9.17) is 11.6 Å². The number of carbonyl (C=O) groups is 1. The van der Waals surface area contributed by atoms with Crippen LogP contribution in [-0.4, -0.2) is 40.7 Å². The van der Waals surface area contributed by atoms with E-state index in [1.807, 2.05) is 43.0 Å². The highest BCUT2D eigenvalue weighted by molar-refractivity contribution is 6.34. The molecule has 0 aliphatic carbocycles. The van der Waals surface area contributed by atoms with E-state index in [2.05, 4.69) is 16.9 Å². The van der Waals surface area contributed by atoms with Gasteiger partial charge < -0.3 is 9.80 Å². The van der Waals surface area contributed by atoms with Gasteiger partial charge in [-0.1, -0.05) is 11.6 Å². The van der Waals surface area contributed by atoms with Gasteiger partial charge in [0.25, 0.3) is 5.91 Å². The molecule has 1 amide bonds. The number of halogens is 1. The summed E-state index contributed by atoms with van der Waals surface area (Å²) in [6.07, 6.45) is 5.52. The van der Waals surface area contributed by atoms with Crippen molar-refractivity contribution in [3.05, 3.63) is 46.2 Å². The van der Waals surface area contributed by atoms with Gasteiger partial charge in [0, 0.05) is 50.2 Å². The maximum absolute atomic E-state index is 13.0. The van der Waals surface area contributed by atoms with Gasteiger partial charge in [-0.15, -0.1) is 0 Å². The van der Waals surface area contributed by atoms with E-state index < -0.39 is 0 Å². The maximum atomic E-state index is 13.0. The van der Waals surface area contributed by atoms with Gasteiger partial charge in [-0.3, -0.25) is 9.48 Å². The van der Waals surface area contributed by atoms with Crippen molar-refractivity contribution in [3.8, 4) is 0 Å². The third kappa shape index (κ3) is 3.88. The predicted octanol–water partition coefficient (Wildman–Crippen LogP) is 4.13. The zero-order chi connectivity index (χ0) is 18.7. The van der Waals surface area contributed by atoms with E-state index in [1.165, 1.54) is 19.3 Å². The summed E-state index contributed by atoms with van der Waals surface area (Å²) in [6.45, 7) is 7.53. The summed E-state index contributed by atoms with van der Waals surface area (Å²) in [6, 6.07) is 5.79. The Balaban J connectivity index is 1.78. The summed E-state index contributed by atoms with van der Waals surface area (Å²) in [5.41, 5.74) is 3.81. The molecule has 1 aromatic heterocycles. The first kappa shape index (κ1) is 18.8. The maximum Gasteiger partial charge on any atom is 0.255 e. The van der Waals surface area contributed by atoms with Crippen LogP contribution in [0.5, 0.6) is 0 Å². The number of benzene rings is 1. The first-order valence-corrected chi connectivity index (χ1v) is 9.70. The monoisotopic (exact) mass is 374 g/mol. The zero-order valence-corrected chi connectivity index (χ0v) is 16.6. The number of aryl methyl sites for hydroxylation is 1. The fourth-order valence-electron chi connectivity index (χ4n) is 3.52. The summed E-state index contributed by atoms with van der Waals surface area (Å²) in [5.74, 6) is -0.0579. The fraction of sp³-hybridized carbons (Fsp3) is 0.500. The molecule has 1 aliphatic heterocycles. The highest BCUT2D eigenvalue weighted by Crippen LogP contribution is 2.27. The Hall–Kier alpha value is -2.01. The van der Waals surface area contributed by atoms with Gasteiger partial charge in [-0.25, -0.2) is 0 Å². The molecule has 1 fully saturated rings. The highest BCUT2D eigenvalue weighted by Gasteiger charge is 2.20. The minimum atomic E-state index is -0.0579. The molecule has 0 spiro atoms. The number of hydrogen-bond donors (Lipinski definition) is 0. The van der Waals surface area contributed by atoms with Crippen molar-refractivity contribution in [3.63, 3.8) is 0 Å². The molecule has 6 heteroatoms. The Morgan fingerprint density at radius 1 is 1.27 bits per heavy atom. The van der Waals surface area contributed by atoms with Crippen LogP contribution in [0.3, 0.4) is 0 Å². The van der Waals surface area contributed by atoms with Gasteiger partial charge in [-0.05, 0) is 51.3 Å². The Labute approximate surface area is 160 Å². The van der Waals surface area contributed by atoms with Crippen LogP contribution < -0.4 is 4.90 Å². The van der Waals surface area contributed by atoms with Gasteiger partial charge in [-0.2, -0.15) is 5.10 Å². The van der Waals surface area contributed by atoms with E-state index in [-0.39, 0.29) is 5.91 Å². The fourth-order valence-corrected chi connectivity index (χ4v) is 3.72. The molecule has 0 radical (unpaired) electrons. The Morgan fingerprint density at radius 2 is 2.00 bits per heavy atom. The molecular weight excluding hydrogens is 348 g/mol. The molecule has 0 N–H and O–H groups in total. The smallest absolute Gasteiger partial charge is 0.255 e. The Bertz CT molecular complexity index is 780. The minimum absolute atomic E-state index is 0.0579. The normalized spacial score (nSPS) is 14.5. The third-order valence-corrected chi connectivity index (χ3v) is 5.49. The first-order valence-electron chi connectivity index (χ1n) is 9.32. The molecule has 3 rings (SSSR count). The molecule has 1 aromatic carbocycles. The van der Waals surface area contributed by atoms with Crippen molar-refractivity contribution in [1.29, 1.82) is 0 Å². The molecule has 2 aromatic rings. The van der Waals surface area contributed by atoms with Crippen molar-refractivity contribution in [1.82, 2.24) is 14.7 Å². The number of anilines is 1.